The SMILES string of the molecule is Cc1cc(-c2ccc(Cl)cc2)c(C)cc1C1=C(O)C2(CCCCC2)OC1=O. The number of aliphatic hydroxyl groups is 1. The Hall–Kier alpha value is -2.26. The van der Waals surface area contributed by atoms with Crippen molar-refractivity contribution in [1.29, 1.82) is 0 Å². The number of hydrogen-bond acceptors (Lipinski definition) is 3. The van der Waals surface area contributed by atoms with Gasteiger partial charge >= 0.3 is 5.97 Å². The molecule has 1 N–H and O–H groups in total. The van der Waals surface area contributed by atoms with Crippen molar-refractivity contribution in [3.63, 3.8) is 0 Å². The normalized spacial score (nSPS) is 18.9. The summed E-state index contributed by atoms with van der Waals surface area (Å²) in [5, 5.41) is 11.6. The molecule has 3 nitrogen and oxygen atoms in total. The first-order valence-corrected chi connectivity index (χ1v) is 9.84. The summed E-state index contributed by atoms with van der Waals surface area (Å²) in [5.74, 6) is -0.287. The molecule has 1 spiro atoms. The summed E-state index contributed by atoms with van der Waals surface area (Å²) in [7, 11) is 0. The van der Waals surface area contributed by atoms with Gasteiger partial charge in [-0.25, -0.2) is 4.79 Å². The minimum atomic E-state index is -0.806. The van der Waals surface area contributed by atoms with Gasteiger partial charge in [0.1, 0.15) is 5.57 Å². The van der Waals surface area contributed by atoms with Crippen LogP contribution in [-0.2, 0) is 9.53 Å². The third kappa shape index (κ3) is 3.04. The Morgan fingerprint density at radius 2 is 1.56 bits per heavy atom. The van der Waals surface area contributed by atoms with Crippen LogP contribution in [0.3, 0.4) is 0 Å². The summed E-state index contributed by atoms with van der Waals surface area (Å²) in [6, 6.07) is 11.8. The highest BCUT2D eigenvalue weighted by Crippen LogP contribution is 2.46. The fourth-order valence-corrected chi connectivity index (χ4v) is 4.45. The molecule has 4 rings (SSSR count). The van der Waals surface area contributed by atoms with Crippen LogP contribution in [0.15, 0.2) is 42.2 Å². The average molecular weight is 383 g/mol. The minimum Gasteiger partial charge on any atom is -0.507 e. The van der Waals surface area contributed by atoms with E-state index in [9.17, 15) is 9.90 Å². The van der Waals surface area contributed by atoms with E-state index in [1.54, 1.807) is 0 Å². The van der Waals surface area contributed by atoms with Gasteiger partial charge in [0.05, 0.1) is 0 Å². The average Bonchev–Trinajstić information content (AvgIpc) is 2.88. The lowest BCUT2D eigenvalue weighted by molar-refractivity contribution is -0.149. The van der Waals surface area contributed by atoms with Gasteiger partial charge in [0.15, 0.2) is 11.4 Å². The van der Waals surface area contributed by atoms with E-state index in [2.05, 4.69) is 6.07 Å². The van der Waals surface area contributed by atoms with Gasteiger partial charge in [0, 0.05) is 5.02 Å². The summed E-state index contributed by atoms with van der Waals surface area (Å²) < 4.78 is 5.71. The Morgan fingerprint density at radius 1 is 0.963 bits per heavy atom. The molecule has 0 radical (unpaired) electrons. The monoisotopic (exact) mass is 382 g/mol. The number of benzene rings is 2. The molecule has 27 heavy (non-hydrogen) atoms. The van der Waals surface area contributed by atoms with E-state index in [-0.39, 0.29) is 5.76 Å². The maximum Gasteiger partial charge on any atom is 0.343 e. The highest BCUT2D eigenvalue weighted by molar-refractivity contribution is 6.30. The number of carbonyl (C=O) groups excluding carboxylic acids is 1. The first kappa shape index (κ1) is 18.1. The fraction of sp³-hybridized carbons (Fsp3) is 0.348. The number of halogens is 1. The zero-order valence-electron chi connectivity index (χ0n) is 15.6. The first-order valence-electron chi connectivity index (χ1n) is 9.46. The lowest BCUT2D eigenvalue weighted by atomic mass is 9.82. The summed E-state index contributed by atoms with van der Waals surface area (Å²) in [6.07, 6.45) is 4.47. The number of ether oxygens (including phenoxy) is 1. The second-order valence-electron chi connectivity index (χ2n) is 7.66. The second-order valence-corrected chi connectivity index (χ2v) is 8.09. The van der Waals surface area contributed by atoms with Crippen molar-refractivity contribution in [2.24, 2.45) is 0 Å². The van der Waals surface area contributed by atoms with Crippen LogP contribution in [-0.4, -0.2) is 16.7 Å². The van der Waals surface area contributed by atoms with E-state index >= 15 is 0 Å². The number of aliphatic hydroxyl groups excluding tert-OH is 1. The van der Waals surface area contributed by atoms with Gasteiger partial charge in [-0.1, -0.05) is 42.3 Å². The molecule has 0 atom stereocenters. The molecule has 1 heterocycles. The number of aryl methyl sites for hydroxylation is 2. The third-order valence-electron chi connectivity index (χ3n) is 5.82. The smallest absolute Gasteiger partial charge is 0.343 e. The van der Waals surface area contributed by atoms with E-state index in [4.69, 9.17) is 16.3 Å². The molecule has 0 saturated heterocycles. The van der Waals surface area contributed by atoms with E-state index in [1.165, 1.54) is 0 Å². The van der Waals surface area contributed by atoms with Crippen LogP contribution in [0, 0.1) is 13.8 Å². The summed E-state index contributed by atoms with van der Waals surface area (Å²) >= 11 is 6.00. The highest BCUT2D eigenvalue weighted by Gasteiger charge is 2.49. The second kappa shape index (κ2) is 6.72. The van der Waals surface area contributed by atoms with E-state index in [1.807, 2.05) is 44.2 Å². The van der Waals surface area contributed by atoms with Crippen molar-refractivity contribution in [2.75, 3.05) is 0 Å². The quantitative estimate of drug-likeness (QED) is 0.633. The first-order chi connectivity index (χ1) is 12.9. The molecule has 0 bridgehead atoms. The molecular formula is C23H23ClO3. The van der Waals surface area contributed by atoms with Crippen molar-refractivity contribution < 1.29 is 14.6 Å². The summed E-state index contributed by atoms with van der Waals surface area (Å²) in [4.78, 5) is 12.7. The van der Waals surface area contributed by atoms with Crippen LogP contribution in [0.1, 0.15) is 48.8 Å². The molecule has 4 heteroatoms. The topological polar surface area (TPSA) is 46.5 Å². The van der Waals surface area contributed by atoms with Crippen LogP contribution in [0.5, 0.6) is 0 Å². The molecule has 0 unspecified atom stereocenters. The molecule has 2 aromatic carbocycles. The fourth-order valence-electron chi connectivity index (χ4n) is 4.33. The van der Waals surface area contributed by atoms with Crippen molar-refractivity contribution in [1.82, 2.24) is 0 Å². The largest absolute Gasteiger partial charge is 0.507 e. The molecule has 2 aliphatic rings. The molecule has 1 saturated carbocycles. The van der Waals surface area contributed by atoms with E-state index in [0.29, 0.717) is 23.4 Å². The van der Waals surface area contributed by atoms with Crippen LogP contribution in [0.25, 0.3) is 16.7 Å². The van der Waals surface area contributed by atoms with E-state index in [0.717, 1.165) is 47.1 Å². The molecular weight excluding hydrogens is 360 g/mol. The number of esters is 1. The predicted molar refractivity (Wildman–Crippen MR) is 108 cm³/mol. The molecule has 140 valence electrons. The Kier molecular flexibility index (Phi) is 4.51. The molecule has 1 fully saturated rings. The molecule has 0 aromatic heterocycles. The van der Waals surface area contributed by atoms with Gasteiger partial charge in [-0.15, -0.1) is 0 Å². The van der Waals surface area contributed by atoms with Crippen molar-refractivity contribution in [3.05, 3.63) is 63.9 Å². The third-order valence-corrected chi connectivity index (χ3v) is 6.07. The lowest BCUT2D eigenvalue weighted by Gasteiger charge is -2.31. The van der Waals surface area contributed by atoms with Crippen molar-refractivity contribution in [2.45, 2.75) is 51.6 Å². The van der Waals surface area contributed by atoms with Gasteiger partial charge in [-0.05, 0) is 79.5 Å². The predicted octanol–water partition coefficient (Wildman–Crippen LogP) is 6.15. The molecule has 1 aliphatic carbocycles. The van der Waals surface area contributed by atoms with Crippen LogP contribution in [0.4, 0.5) is 0 Å². The van der Waals surface area contributed by atoms with Gasteiger partial charge in [-0.3, -0.25) is 0 Å². The Morgan fingerprint density at radius 3 is 2.22 bits per heavy atom. The summed E-state index contributed by atoms with van der Waals surface area (Å²) in [5.41, 5.74) is 4.43. The lowest BCUT2D eigenvalue weighted by Crippen LogP contribution is -2.34. The number of hydrogen-bond donors (Lipinski definition) is 1. The summed E-state index contributed by atoms with van der Waals surface area (Å²) in [6.45, 7) is 3.98. The van der Waals surface area contributed by atoms with Crippen LogP contribution in [0.2, 0.25) is 5.02 Å². The van der Waals surface area contributed by atoms with Gasteiger partial charge < -0.3 is 9.84 Å². The number of carbonyl (C=O) groups is 1. The molecule has 0 amide bonds. The van der Waals surface area contributed by atoms with E-state index < -0.39 is 11.6 Å². The van der Waals surface area contributed by atoms with Crippen LogP contribution >= 0.6 is 11.6 Å². The Balaban J connectivity index is 1.79. The number of rotatable bonds is 2. The van der Waals surface area contributed by atoms with Gasteiger partial charge in [0.2, 0.25) is 0 Å². The maximum absolute atomic E-state index is 12.7. The maximum atomic E-state index is 12.7. The molecule has 1 aliphatic heterocycles. The standard InChI is InChI=1S/C23H23ClO3/c1-14-13-19(15(2)12-18(14)16-6-8-17(24)9-7-16)20-21(25)23(27-22(20)26)10-4-3-5-11-23/h6-9,12-13,25H,3-5,10-11H2,1-2H3. The zero-order valence-corrected chi connectivity index (χ0v) is 16.4. The highest BCUT2D eigenvalue weighted by atomic mass is 35.5. The molecule has 2 aromatic rings. The van der Waals surface area contributed by atoms with Gasteiger partial charge in [0.25, 0.3) is 0 Å². The minimum absolute atomic E-state index is 0.119. The van der Waals surface area contributed by atoms with Gasteiger partial charge in [-0.2, -0.15) is 0 Å². The Bertz CT molecular complexity index is 935. The van der Waals surface area contributed by atoms with Crippen molar-refractivity contribution in [3.8, 4) is 11.1 Å². The zero-order chi connectivity index (χ0) is 19.2. The van der Waals surface area contributed by atoms with Crippen molar-refractivity contribution >= 4 is 23.1 Å². The Labute approximate surface area is 164 Å². The van der Waals surface area contributed by atoms with Crippen LogP contribution < -0.4 is 0 Å².